The number of pyridine rings is 1. The predicted octanol–water partition coefficient (Wildman–Crippen LogP) is 4.02. The van der Waals surface area contributed by atoms with Crippen molar-refractivity contribution in [2.45, 2.75) is 6.92 Å². The Labute approximate surface area is 202 Å². The van der Waals surface area contributed by atoms with Gasteiger partial charge in [0.25, 0.3) is 5.56 Å². The molecule has 0 bridgehead atoms. The summed E-state index contributed by atoms with van der Waals surface area (Å²) in [6.07, 6.45) is 2.33. The van der Waals surface area contributed by atoms with Crippen molar-refractivity contribution in [1.29, 1.82) is 0 Å². The second kappa shape index (κ2) is 10.3. The van der Waals surface area contributed by atoms with Crippen molar-refractivity contribution < 1.29 is 14.3 Å². The number of nitrogens with zero attached hydrogens (tertiary/aromatic N) is 4. The van der Waals surface area contributed by atoms with Gasteiger partial charge in [-0.1, -0.05) is 36.4 Å². The summed E-state index contributed by atoms with van der Waals surface area (Å²) in [4.78, 5) is 26.0. The third-order valence-corrected chi connectivity index (χ3v) is 5.75. The van der Waals surface area contributed by atoms with E-state index in [1.807, 2.05) is 36.4 Å². The molecule has 0 fully saturated rings. The van der Waals surface area contributed by atoms with Gasteiger partial charge in [-0.3, -0.25) is 24.1 Å². The molecule has 1 amide bonds. The minimum Gasteiger partial charge on any atom is -0.388 e. The highest BCUT2D eigenvalue weighted by Crippen LogP contribution is 2.31. The van der Waals surface area contributed by atoms with Gasteiger partial charge in [0.05, 0.1) is 11.4 Å². The van der Waals surface area contributed by atoms with Gasteiger partial charge in [0.15, 0.2) is 5.84 Å². The fraction of sp³-hybridized carbons (Fsp3) is 0.148. The SMILES string of the molecule is CCN(C=O)/C(CO)=N\N(C)c1ccc2c(=O)n(-c3cccc(F)c3)cc(-c3ccccc3)c2c1. The molecule has 0 aliphatic rings. The Bertz CT molecular complexity index is 1450. The largest absolute Gasteiger partial charge is 0.388 e. The van der Waals surface area contributed by atoms with Crippen molar-refractivity contribution in [3.05, 3.63) is 95.2 Å². The number of hydrogen-bond donors (Lipinski definition) is 1. The van der Waals surface area contributed by atoms with E-state index in [1.165, 1.54) is 21.6 Å². The summed E-state index contributed by atoms with van der Waals surface area (Å²) in [5.74, 6) is -0.225. The van der Waals surface area contributed by atoms with Gasteiger partial charge >= 0.3 is 0 Å². The summed E-state index contributed by atoms with van der Waals surface area (Å²) >= 11 is 0. The number of anilines is 1. The van der Waals surface area contributed by atoms with Gasteiger partial charge in [0.1, 0.15) is 12.4 Å². The molecule has 0 spiro atoms. The van der Waals surface area contributed by atoms with Crippen molar-refractivity contribution in [1.82, 2.24) is 9.47 Å². The summed E-state index contributed by atoms with van der Waals surface area (Å²) in [5, 5.41) is 16.8. The van der Waals surface area contributed by atoms with Crippen LogP contribution in [-0.2, 0) is 4.79 Å². The van der Waals surface area contributed by atoms with Crippen LogP contribution in [0.25, 0.3) is 27.6 Å². The van der Waals surface area contributed by atoms with Crippen molar-refractivity contribution >= 4 is 28.7 Å². The number of carbonyl (C=O) groups is 1. The average Bonchev–Trinajstić information content (AvgIpc) is 2.89. The Balaban J connectivity index is 1.92. The van der Waals surface area contributed by atoms with Crippen LogP contribution < -0.4 is 10.6 Å². The molecule has 35 heavy (non-hydrogen) atoms. The molecule has 0 unspecified atom stereocenters. The van der Waals surface area contributed by atoms with Crippen LogP contribution in [0.15, 0.2) is 88.9 Å². The van der Waals surface area contributed by atoms with Crippen LogP contribution in [0.4, 0.5) is 10.1 Å². The number of halogens is 1. The first-order valence-electron chi connectivity index (χ1n) is 11.1. The van der Waals surface area contributed by atoms with E-state index in [-0.39, 0.29) is 11.4 Å². The second-order valence-electron chi connectivity index (χ2n) is 7.88. The van der Waals surface area contributed by atoms with E-state index < -0.39 is 12.4 Å². The molecule has 1 heterocycles. The Morgan fingerprint density at radius 2 is 1.83 bits per heavy atom. The third-order valence-electron chi connectivity index (χ3n) is 5.75. The maximum absolute atomic E-state index is 13.9. The summed E-state index contributed by atoms with van der Waals surface area (Å²) in [5.41, 5.74) is 2.48. The summed E-state index contributed by atoms with van der Waals surface area (Å²) in [7, 11) is 1.70. The number of hydrogen-bond acceptors (Lipinski definition) is 5. The van der Waals surface area contributed by atoms with Crippen LogP contribution in [0.3, 0.4) is 0 Å². The molecule has 3 aromatic carbocycles. The number of carbonyl (C=O) groups excluding carboxylic acids is 1. The van der Waals surface area contributed by atoms with E-state index >= 15 is 0 Å². The highest BCUT2D eigenvalue weighted by molar-refractivity contribution is 5.98. The maximum atomic E-state index is 13.9. The van der Waals surface area contributed by atoms with Gasteiger partial charge in [-0.15, -0.1) is 0 Å². The molecular weight excluding hydrogens is 447 g/mol. The number of hydrazone groups is 1. The number of amides is 1. The fourth-order valence-electron chi connectivity index (χ4n) is 3.92. The molecular formula is C27H25FN4O3. The zero-order valence-corrected chi connectivity index (χ0v) is 19.4. The Hall–Kier alpha value is -4.30. The molecule has 4 rings (SSSR count). The van der Waals surface area contributed by atoms with Gasteiger partial charge in [-0.25, -0.2) is 4.39 Å². The zero-order chi connectivity index (χ0) is 24.9. The minimum atomic E-state index is -0.429. The molecule has 8 heteroatoms. The van der Waals surface area contributed by atoms with E-state index in [0.29, 0.717) is 35.1 Å². The van der Waals surface area contributed by atoms with Crippen molar-refractivity contribution in [2.75, 3.05) is 25.2 Å². The zero-order valence-electron chi connectivity index (χ0n) is 19.4. The van der Waals surface area contributed by atoms with Crippen LogP contribution in [0, 0.1) is 5.82 Å². The maximum Gasteiger partial charge on any atom is 0.262 e. The van der Waals surface area contributed by atoms with Gasteiger partial charge < -0.3 is 5.11 Å². The number of amidine groups is 1. The topological polar surface area (TPSA) is 78.1 Å². The smallest absolute Gasteiger partial charge is 0.262 e. The molecule has 0 atom stereocenters. The number of aliphatic hydroxyl groups excluding tert-OH is 1. The number of likely N-dealkylation sites (N-methyl/N-ethyl adjacent to an activating group) is 1. The fourth-order valence-corrected chi connectivity index (χ4v) is 3.92. The standard InChI is InChI=1S/C27H25FN4O3/c1-3-31(18-34)26(17-33)29-30(2)21-12-13-23-24(15-21)25(19-8-5-4-6-9-19)16-32(27(23)35)22-11-7-10-20(28)14-22/h4-16,18,33H,3,17H2,1-2H3/b29-26-. The number of rotatable bonds is 7. The molecule has 1 aromatic heterocycles. The monoisotopic (exact) mass is 472 g/mol. The predicted molar refractivity (Wildman–Crippen MR) is 136 cm³/mol. The molecule has 4 aromatic rings. The van der Waals surface area contributed by atoms with Crippen LogP contribution in [0.5, 0.6) is 0 Å². The van der Waals surface area contributed by atoms with Crippen LogP contribution >= 0.6 is 0 Å². The first-order valence-corrected chi connectivity index (χ1v) is 11.1. The molecule has 0 aliphatic carbocycles. The van der Waals surface area contributed by atoms with Crippen molar-refractivity contribution in [2.24, 2.45) is 5.10 Å². The lowest BCUT2D eigenvalue weighted by molar-refractivity contribution is -0.114. The normalized spacial score (nSPS) is 11.5. The van der Waals surface area contributed by atoms with E-state index in [2.05, 4.69) is 5.10 Å². The van der Waals surface area contributed by atoms with E-state index in [4.69, 9.17) is 0 Å². The first-order chi connectivity index (χ1) is 17.0. The molecule has 0 radical (unpaired) electrons. The lowest BCUT2D eigenvalue weighted by Crippen LogP contribution is -2.34. The quantitative estimate of drug-likeness (QED) is 0.191. The second-order valence-corrected chi connectivity index (χ2v) is 7.88. The molecule has 1 N–H and O–H groups in total. The minimum absolute atomic E-state index is 0.204. The van der Waals surface area contributed by atoms with E-state index in [1.54, 1.807) is 49.4 Å². The van der Waals surface area contributed by atoms with Gasteiger partial charge in [-0.05, 0) is 54.3 Å². The summed E-state index contributed by atoms with van der Waals surface area (Å²) in [6.45, 7) is 1.75. The Morgan fingerprint density at radius 3 is 2.49 bits per heavy atom. The lowest BCUT2D eigenvalue weighted by Gasteiger charge is -2.21. The van der Waals surface area contributed by atoms with E-state index in [9.17, 15) is 19.1 Å². The molecule has 0 aliphatic heterocycles. The van der Waals surface area contributed by atoms with E-state index in [0.717, 1.165) is 11.1 Å². The van der Waals surface area contributed by atoms with Gasteiger partial charge in [0.2, 0.25) is 6.41 Å². The highest BCUT2D eigenvalue weighted by atomic mass is 19.1. The lowest BCUT2D eigenvalue weighted by atomic mass is 10.00. The van der Waals surface area contributed by atoms with Crippen LogP contribution in [-0.4, -0.2) is 47.0 Å². The van der Waals surface area contributed by atoms with Gasteiger partial charge in [-0.2, -0.15) is 5.10 Å². The number of aliphatic hydroxyl groups is 1. The number of aromatic nitrogens is 1. The van der Waals surface area contributed by atoms with Crippen LogP contribution in [0.2, 0.25) is 0 Å². The van der Waals surface area contributed by atoms with Gasteiger partial charge in [0, 0.05) is 30.7 Å². The summed E-state index contributed by atoms with van der Waals surface area (Å²) in [6, 6.07) is 20.8. The van der Waals surface area contributed by atoms with Crippen molar-refractivity contribution in [3.8, 4) is 16.8 Å². The van der Waals surface area contributed by atoms with Crippen molar-refractivity contribution in [3.63, 3.8) is 0 Å². The average molecular weight is 473 g/mol. The third kappa shape index (κ3) is 4.83. The first kappa shape index (κ1) is 23.8. The number of fused-ring (bicyclic) bond motifs is 1. The Kier molecular flexibility index (Phi) is 7.03. The molecule has 7 nitrogen and oxygen atoms in total. The molecule has 0 saturated carbocycles. The molecule has 0 saturated heterocycles. The van der Waals surface area contributed by atoms with Crippen LogP contribution in [0.1, 0.15) is 6.92 Å². The summed E-state index contributed by atoms with van der Waals surface area (Å²) < 4.78 is 15.4. The molecule has 178 valence electrons. The highest BCUT2D eigenvalue weighted by Gasteiger charge is 2.15. The number of benzene rings is 3. The Morgan fingerprint density at radius 1 is 1.06 bits per heavy atom.